The standard InChI is InChI=1S/C8H8F2N2O/c9-4-1-3-5(11)2-13-8(3)6(10)7(4)12/h1,5H,2,11-12H2/t5-/m1/s1. The van der Waals surface area contributed by atoms with Crippen molar-refractivity contribution < 1.29 is 13.5 Å². The molecule has 3 nitrogen and oxygen atoms in total. The maximum absolute atomic E-state index is 13.2. The third-order valence-electron chi connectivity index (χ3n) is 2.04. The Balaban J connectivity index is 2.67. The molecule has 1 heterocycles. The Morgan fingerprint density at radius 1 is 1.46 bits per heavy atom. The number of benzene rings is 1. The van der Waals surface area contributed by atoms with Gasteiger partial charge in [-0.3, -0.25) is 0 Å². The quantitative estimate of drug-likeness (QED) is 0.593. The summed E-state index contributed by atoms with van der Waals surface area (Å²) in [5.41, 5.74) is 10.5. The SMILES string of the molecule is Nc1c(F)cc2c(c1F)OC[C@H]2N. The molecule has 0 spiro atoms. The van der Waals surface area contributed by atoms with Gasteiger partial charge in [-0.25, -0.2) is 8.78 Å². The van der Waals surface area contributed by atoms with E-state index in [4.69, 9.17) is 16.2 Å². The first-order valence-electron chi connectivity index (χ1n) is 3.77. The van der Waals surface area contributed by atoms with E-state index in [2.05, 4.69) is 0 Å². The van der Waals surface area contributed by atoms with Gasteiger partial charge in [0, 0.05) is 5.56 Å². The van der Waals surface area contributed by atoms with Crippen LogP contribution in [0.2, 0.25) is 0 Å². The van der Waals surface area contributed by atoms with Crippen molar-refractivity contribution in [3.05, 3.63) is 23.3 Å². The van der Waals surface area contributed by atoms with Gasteiger partial charge in [0.05, 0.1) is 6.04 Å². The number of rotatable bonds is 0. The van der Waals surface area contributed by atoms with Crippen LogP contribution in [0.3, 0.4) is 0 Å². The summed E-state index contributed by atoms with van der Waals surface area (Å²) in [4.78, 5) is 0. The minimum absolute atomic E-state index is 0.0219. The zero-order chi connectivity index (χ0) is 9.59. The van der Waals surface area contributed by atoms with Gasteiger partial charge in [-0.15, -0.1) is 0 Å². The van der Waals surface area contributed by atoms with E-state index in [9.17, 15) is 8.78 Å². The van der Waals surface area contributed by atoms with E-state index in [1.165, 1.54) is 0 Å². The summed E-state index contributed by atoms with van der Waals surface area (Å²) in [6, 6.07) is 0.644. The van der Waals surface area contributed by atoms with Crippen molar-refractivity contribution in [3.8, 4) is 5.75 Å². The van der Waals surface area contributed by atoms with Crippen LogP contribution in [0.4, 0.5) is 14.5 Å². The third kappa shape index (κ3) is 1.04. The average Bonchev–Trinajstić information content (AvgIpc) is 2.45. The van der Waals surface area contributed by atoms with Gasteiger partial charge in [-0.05, 0) is 6.07 Å². The molecule has 0 saturated carbocycles. The van der Waals surface area contributed by atoms with Gasteiger partial charge in [-0.1, -0.05) is 0 Å². The lowest BCUT2D eigenvalue weighted by Gasteiger charge is -2.04. The van der Waals surface area contributed by atoms with Gasteiger partial charge < -0.3 is 16.2 Å². The molecular formula is C8H8F2N2O. The summed E-state index contributed by atoms with van der Waals surface area (Å²) in [5, 5.41) is 0. The summed E-state index contributed by atoms with van der Waals surface area (Å²) in [7, 11) is 0. The van der Waals surface area contributed by atoms with Gasteiger partial charge in [0.15, 0.2) is 11.6 Å². The van der Waals surface area contributed by atoms with Gasteiger partial charge in [-0.2, -0.15) is 0 Å². The van der Waals surface area contributed by atoms with Gasteiger partial charge in [0.25, 0.3) is 0 Å². The number of ether oxygens (including phenoxy) is 1. The molecule has 0 bridgehead atoms. The fourth-order valence-corrected chi connectivity index (χ4v) is 1.32. The zero-order valence-corrected chi connectivity index (χ0v) is 6.68. The Morgan fingerprint density at radius 3 is 2.85 bits per heavy atom. The first-order chi connectivity index (χ1) is 6.11. The molecule has 0 unspecified atom stereocenters. The lowest BCUT2D eigenvalue weighted by atomic mass is 10.1. The molecule has 1 aliphatic rings. The molecule has 0 aliphatic carbocycles. The summed E-state index contributed by atoms with van der Waals surface area (Å²) in [5.74, 6) is -1.67. The maximum atomic E-state index is 13.2. The van der Waals surface area contributed by atoms with Crippen molar-refractivity contribution in [3.63, 3.8) is 0 Å². The second-order valence-corrected chi connectivity index (χ2v) is 2.92. The highest BCUT2D eigenvalue weighted by atomic mass is 19.1. The monoisotopic (exact) mass is 186 g/mol. The van der Waals surface area contributed by atoms with Crippen LogP contribution in [0.5, 0.6) is 5.75 Å². The van der Waals surface area contributed by atoms with Gasteiger partial charge in [0.1, 0.15) is 18.1 Å². The predicted molar refractivity (Wildman–Crippen MR) is 43.2 cm³/mol. The second-order valence-electron chi connectivity index (χ2n) is 2.92. The Kier molecular flexibility index (Phi) is 1.63. The van der Waals surface area contributed by atoms with E-state index in [-0.39, 0.29) is 12.4 Å². The number of nitrogen functional groups attached to an aromatic ring is 1. The summed E-state index contributed by atoms with van der Waals surface area (Å²) in [6.07, 6.45) is 0. The number of nitrogens with two attached hydrogens (primary N) is 2. The molecular weight excluding hydrogens is 178 g/mol. The summed E-state index contributed by atoms with van der Waals surface area (Å²) < 4.78 is 31.1. The van der Waals surface area contributed by atoms with E-state index in [0.29, 0.717) is 5.56 Å². The Bertz CT molecular complexity index is 368. The van der Waals surface area contributed by atoms with Crippen LogP contribution in [0.1, 0.15) is 11.6 Å². The molecule has 1 aliphatic heterocycles. The summed E-state index contributed by atoms with van der Waals surface area (Å²) >= 11 is 0. The average molecular weight is 186 g/mol. The van der Waals surface area contributed by atoms with Gasteiger partial charge >= 0.3 is 0 Å². The summed E-state index contributed by atoms with van der Waals surface area (Å²) in [6.45, 7) is 0.162. The molecule has 1 atom stereocenters. The van der Waals surface area contributed by atoms with Crippen molar-refractivity contribution in [1.29, 1.82) is 0 Å². The van der Waals surface area contributed by atoms with Crippen LogP contribution in [0.25, 0.3) is 0 Å². The van der Waals surface area contributed by atoms with E-state index in [0.717, 1.165) is 6.07 Å². The Hall–Kier alpha value is -1.36. The molecule has 13 heavy (non-hydrogen) atoms. The second kappa shape index (κ2) is 2.56. The number of halogens is 2. The van der Waals surface area contributed by atoms with Crippen molar-refractivity contribution in [2.75, 3.05) is 12.3 Å². The van der Waals surface area contributed by atoms with Crippen LogP contribution in [0, 0.1) is 11.6 Å². The van der Waals surface area contributed by atoms with Crippen LogP contribution in [0.15, 0.2) is 6.07 Å². The molecule has 70 valence electrons. The molecule has 1 aromatic carbocycles. The molecule has 2 rings (SSSR count). The highest BCUT2D eigenvalue weighted by Crippen LogP contribution is 2.37. The maximum Gasteiger partial charge on any atom is 0.191 e. The largest absolute Gasteiger partial charge is 0.488 e. The van der Waals surface area contributed by atoms with E-state index >= 15 is 0 Å². The third-order valence-corrected chi connectivity index (χ3v) is 2.04. The topological polar surface area (TPSA) is 61.3 Å². The molecule has 1 aromatic rings. The Labute approximate surface area is 73.3 Å². The highest BCUT2D eigenvalue weighted by Gasteiger charge is 2.27. The molecule has 4 N–H and O–H groups in total. The lowest BCUT2D eigenvalue weighted by Crippen LogP contribution is -2.11. The van der Waals surface area contributed by atoms with E-state index in [1.54, 1.807) is 0 Å². The van der Waals surface area contributed by atoms with Crippen LogP contribution < -0.4 is 16.2 Å². The molecule has 0 aromatic heterocycles. The number of hydrogen-bond acceptors (Lipinski definition) is 3. The van der Waals surface area contributed by atoms with Crippen molar-refractivity contribution in [2.24, 2.45) is 5.73 Å². The number of fused-ring (bicyclic) bond motifs is 1. The van der Waals surface area contributed by atoms with Crippen LogP contribution >= 0.6 is 0 Å². The molecule has 0 amide bonds. The first-order valence-corrected chi connectivity index (χ1v) is 3.77. The lowest BCUT2D eigenvalue weighted by molar-refractivity contribution is 0.319. The van der Waals surface area contributed by atoms with Crippen LogP contribution in [-0.4, -0.2) is 6.61 Å². The zero-order valence-electron chi connectivity index (χ0n) is 6.68. The van der Waals surface area contributed by atoms with E-state index < -0.39 is 23.4 Å². The predicted octanol–water partition coefficient (Wildman–Crippen LogP) is 0.939. The molecule has 0 radical (unpaired) electrons. The normalized spacial score (nSPS) is 19.8. The Morgan fingerprint density at radius 2 is 2.15 bits per heavy atom. The molecule has 0 saturated heterocycles. The fraction of sp³-hybridized carbons (Fsp3) is 0.250. The van der Waals surface area contributed by atoms with Crippen molar-refractivity contribution in [2.45, 2.75) is 6.04 Å². The first kappa shape index (κ1) is 8.25. The molecule has 0 fully saturated rings. The van der Waals surface area contributed by atoms with Crippen molar-refractivity contribution >= 4 is 5.69 Å². The minimum Gasteiger partial charge on any atom is -0.488 e. The van der Waals surface area contributed by atoms with E-state index in [1.807, 2.05) is 0 Å². The highest BCUT2D eigenvalue weighted by molar-refractivity contribution is 5.54. The smallest absolute Gasteiger partial charge is 0.191 e. The van der Waals surface area contributed by atoms with Gasteiger partial charge in [0.2, 0.25) is 0 Å². The fourth-order valence-electron chi connectivity index (χ4n) is 1.32. The number of anilines is 1. The minimum atomic E-state index is -0.858. The van der Waals surface area contributed by atoms with Crippen molar-refractivity contribution in [1.82, 2.24) is 0 Å². The molecule has 5 heteroatoms. The number of hydrogen-bond donors (Lipinski definition) is 2. The van der Waals surface area contributed by atoms with Crippen LogP contribution in [-0.2, 0) is 0 Å².